The molecule has 0 N–H and O–H groups in total. The minimum atomic E-state index is 0.492. The Hall–Kier alpha value is -1.42. The maximum atomic E-state index is 4.76. The predicted molar refractivity (Wildman–Crippen MR) is 97.2 cm³/mol. The van der Waals surface area contributed by atoms with E-state index in [1.807, 2.05) is 11.8 Å². The second-order valence-electron chi connectivity index (χ2n) is 6.18. The van der Waals surface area contributed by atoms with Crippen molar-refractivity contribution in [3.8, 4) is 0 Å². The molecule has 1 saturated heterocycles. The fourth-order valence-electron chi connectivity index (χ4n) is 3.04. The zero-order valence-corrected chi connectivity index (χ0v) is 14.6. The number of nitrogens with zero attached hydrogens (tertiary/aromatic N) is 3. The standard InChI is InChI=1S/C18H25N3S/c1-14(2)21-13-17(15-7-4-5-8-16(15)21)22-12-10-19-18-9-6-11-20(18)3/h4-5,7-8,13-14H,6,9-12H2,1-3H3. The molecule has 22 heavy (non-hydrogen) atoms. The molecule has 2 heterocycles. The zero-order valence-electron chi connectivity index (χ0n) is 13.7. The van der Waals surface area contributed by atoms with Crippen molar-refractivity contribution < 1.29 is 0 Å². The van der Waals surface area contributed by atoms with Crippen LogP contribution in [-0.2, 0) is 0 Å². The highest BCUT2D eigenvalue weighted by molar-refractivity contribution is 7.99. The number of hydrogen-bond donors (Lipinski definition) is 0. The monoisotopic (exact) mass is 315 g/mol. The van der Waals surface area contributed by atoms with Gasteiger partial charge in [-0.3, -0.25) is 4.99 Å². The van der Waals surface area contributed by atoms with Crippen LogP contribution in [0.1, 0.15) is 32.7 Å². The quantitative estimate of drug-likeness (QED) is 0.600. The molecule has 1 aliphatic rings. The first kappa shape index (κ1) is 15.5. The molecule has 0 bridgehead atoms. The fraction of sp³-hybridized carbons (Fsp3) is 0.500. The lowest BCUT2D eigenvalue weighted by Crippen LogP contribution is -2.19. The smallest absolute Gasteiger partial charge is 0.0987 e. The van der Waals surface area contributed by atoms with Gasteiger partial charge in [-0.05, 0) is 26.3 Å². The minimum Gasteiger partial charge on any atom is -0.363 e. The Labute approximate surface area is 137 Å². The van der Waals surface area contributed by atoms with Crippen LogP contribution in [0.5, 0.6) is 0 Å². The lowest BCUT2D eigenvalue weighted by atomic mass is 10.2. The number of fused-ring (bicyclic) bond motifs is 1. The maximum Gasteiger partial charge on any atom is 0.0987 e. The molecule has 118 valence electrons. The Morgan fingerprint density at radius 3 is 2.82 bits per heavy atom. The number of amidine groups is 1. The van der Waals surface area contributed by atoms with Crippen molar-refractivity contribution in [1.82, 2.24) is 9.47 Å². The number of thioether (sulfide) groups is 1. The first-order valence-electron chi connectivity index (χ1n) is 8.13. The molecular weight excluding hydrogens is 290 g/mol. The summed E-state index contributed by atoms with van der Waals surface area (Å²) in [6.07, 6.45) is 4.70. The van der Waals surface area contributed by atoms with Gasteiger partial charge < -0.3 is 9.47 Å². The SMILES string of the molecule is CC(C)n1cc(SCCN=C2CCCN2C)c2ccccc21. The molecular formula is C18H25N3S. The summed E-state index contributed by atoms with van der Waals surface area (Å²) in [5.74, 6) is 2.33. The van der Waals surface area contributed by atoms with Gasteiger partial charge in [0.25, 0.3) is 0 Å². The summed E-state index contributed by atoms with van der Waals surface area (Å²) in [4.78, 5) is 8.42. The van der Waals surface area contributed by atoms with E-state index in [9.17, 15) is 0 Å². The molecule has 1 aromatic carbocycles. The molecule has 1 aromatic heterocycles. The topological polar surface area (TPSA) is 20.5 Å². The van der Waals surface area contributed by atoms with E-state index in [4.69, 9.17) is 4.99 Å². The molecule has 1 fully saturated rings. The molecule has 3 nitrogen and oxygen atoms in total. The third-order valence-electron chi connectivity index (χ3n) is 4.24. The summed E-state index contributed by atoms with van der Waals surface area (Å²) in [5, 5.41) is 1.37. The third-order valence-corrected chi connectivity index (χ3v) is 5.26. The molecule has 4 heteroatoms. The van der Waals surface area contributed by atoms with Gasteiger partial charge in [-0.2, -0.15) is 0 Å². The Kier molecular flexibility index (Phi) is 4.77. The van der Waals surface area contributed by atoms with Gasteiger partial charge in [-0.1, -0.05) is 18.2 Å². The normalized spacial score (nSPS) is 17.3. The summed E-state index contributed by atoms with van der Waals surface area (Å²) in [7, 11) is 2.15. The number of rotatable bonds is 5. The van der Waals surface area contributed by atoms with Gasteiger partial charge >= 0.3 is 0 Å². The van der Waals surface area contributed by atoms with Gasteiger partial charge in [-0.15, -0.1) is 11.8 Å². The van der Waals surface area contributed by atoms with E-state index >= 15 is 0 Å². The maximum absolute atomic E-state index is 4.76. The van der Waals surface area contributed by atoms with Crippen LogP contribution in [0, 0.1) is 0 Å². The Morgan fingerprint density at radius 1 is 1.27 bits per heavy atom. The van der Waals surface area contributed by atoms with E-state index in [1.165, 1.54) is 28.1 Å². The number of para-hydroxylation sites is 1. The van der Waals surface area contributed by atoms with E-state index in [1.54, 1.807) is 0 Å². The van der Waals surface area contributed by atoms with E-state index in [2.05, 4.69) is 60.8 Å². The van der Waals surface area contributed by atoms with E-state index in [-0.39, 0.29) is 0 Å². The van der Waals surface area contributed by atoms with Crippen molar-refractivity contribution in [2.45, 2.75) is 37.6 Å². The summed E-state index contributed by atoms with van der Waals surface area (Å²) in [6.45, 7) is 6.55. The van der Waals surface area contributed by atoms with E-state index in [0.717, 1.165) is 25.3 Å². The number of hydrogen-bond acceptors (Lipinski definition) is 2. The Bertz CT molecular complexity index is 672. The highest BCUT2D eigenvalue weighted by atomic mass is 32.2. The van der Waals surface area contributed by atoms with Crippen molar-refractivity contribution in [2.75, 3.05) is 25.9 Å². The molecule has 3 rings (SSSR count). The predicted octanol–water partition coefficient (Wildman–Crippen LogP) is 4.44. The molecule has 0 saturated carbocycles. The van der Waals surface area contributed by atoms with Crippen molar-refractivity contribution in [1.29, 1.82) is 0 Å². The van der Waals surface area contributed by atoms with Gasteiger partial charge in [-0.25, -0.2) is 0 Å². The largest absolute Gasteiger partial charge is 0.363 e. The number of likely N-dealkylation sites (tertiary alicyclic amines) is 1. The first-order valence-corrected chi connectivity index (χ1v) is 9.12. The van der Waals surface area contributed by atoms with Crippen LogP contribution in [0.4, 0.5) is 0 Å². The summed E-state index contributed by atoms with van der Waals surface area (Å²) >= 11 is 1.93. The second-order valence-corrected chi connectivity index (χ2v) is 7.32. The van der Waals surface area contributed by atoms with Crippen LogP contribution < -0.4 is 0 Å². The van der Waals surface area contributed by atoms with Gasteiger partial charge in [0.05, 0.1) is 12.4 Å². The molecule has 0 spiro atoms. The molecule has 0 atom stereocenters. The third kappa shape index (κ3) is 3.17. The van der Waals surface area contributed by atoms with Gasteiger partial charge in [0.2, 0.25) is 0 Å². The van der Waals surface area contributed by atoms with Gasteiger partial charge in [0, 0.05) is 53.8 Å². The first-order chi connectivity index (χ1) is 10.7. The van der Waals surface area contributed by atoms with Crippen LogP contribution in [0.2, 0.25) is 0 Å². The number of benzene rings is 1. The van der Waals surface area contributed by atoms with Crippen molar-refractivity contribution >= 4 is 28.5 Å². The molecule has 0 radical (unpaired) electrons. The lowest BCUT2D eigenvalue weighted by molar-refractivity contribution is 0.548. The highest BCUT2D eigenvalue weighted by Crippen LogP contribution is 2.31. The van der Waals surface area contributed by atoms with Crippen LogP contribution in [0.3, 0.4) is 0 Å². The highest BCUT2D eigenvalue weighted by Gasteiger charge is 2.13. The van der Waals surface area contributed by atoms with Crippen molar-refractivity contribution in [3.05, 3.63) is 30.5 Å². The fourth-order valence-corrected chi connectivity index (χ4v) is 3.96. The minimum absolute atomic E-state index is 0.492. The van der Waals surface area contributed by atoms with E-state index < -0.39 is 0 Å². The Morgan fingerprint density at radius 2 is 2.09 bits per heavy atom. The summed E-state index contributed by atoms with van der Waals surface area (Å²) in [6, 6.07) is 9.19. The molecule has 1 aliphatic heterocycles. The molecule has 0 amide bonds. The average Bonchev–Trinajstić information content (AvgIpc) is 3.08. The zero-order chi connectivity index (χ0) is 15.5. The molecule has 2 aromatic rings. The lowest BCUT2D eigenvalue weighted by Gasteiger charge is -2.10. The van der Waals surface area contributed by atoms with Crippen LogP contribution in [0.15, 0.2) is 40.4 Å². The van der Waals surface area contributed by atoms with Crippen molar-refractivity contribution in [2.24, 2.45) is 4.99 Å². The second kappa shape index (κ2) is 6.78. The summed E-state index contributed by atoms with van der Waals surface area (Å²) < 4.78 is 2.37. The summed E-state index contributed by atoms with van der Waals surface area (Å²) in [5.41, 5.74) is 1.34. The molecule has 0 unspecified atom stereocenters. The number of aliphatic imine (C=N–C) groups is 1. The Balaban J connectivity index is 1.69. The molecule has 0 aliphatic carbocycles. The average molecular weight is 315 g/mol. The van der Waals surface area contributed by atoms with Crippen LogP contribution in [-0.4, -0.2) is 41.2 Å². The van der Waals surface area contributed by atoms with Crippen molar-refractivity contribution in [3.63, 3.8) is 0 Å². The van der Waals surface area contributed by atoms with Gasteiger partial charge in [0.15, 0.2) is 0 Å². The number of aromatic nitrogens is 1. The van der Waals surface area contributed by atoms with E-state index in [0.29, 0.717) is 6.04 Å². The van der Waals surface area contributed by atoms with Crippen LogP contribution in [0.25, 0.3) is 10.9 Å². The van der Waals surface area contributed by atoms with Gasteiger partial charge in [0.1, 0.15) is 0 Å². The van der Waals surface area contributed by atoms with Crippen LogP contribution >= 0.6 is 11.8 Å².